The Kier molecular flexibility index (Phi) is 13.9. The van der Waals surface area contributed by atoms with Crippen LogP contribution in [0.5, 0.6) is 0 Å². The normalized spacial score (nSPS) is 29.2. The fourth-order valence-electron chi connectivity index (χ4n) is 3.05. The number of hydrogen-bond donors (Lipinski definition) is 13. The molecule has 0 aromatic rings. The standard InChI is InChI=1S/C9H24O26P6/c10-1-3(11)2-29-41(27,28)35-9-7(33-39(21,22)23)5(31-37(15,16)17)4(30-36(12,13)14)6(32-38(18,19)20)8(9)34-40(24,25)26/h3-11H,1-2H2,(H,27,28)(H2,12,13,14)(H2,15,16,17)(H2,18,19,20)(H2,21,22,23)(H2,24,25,26)/t3?,4?,5-,6+,7-,8-,9?/m0/s1. The fraction of sp³-hybridized carbons (Fsp3) is 1.00. The first-order chi connectivity index (χ1) is 18.0. The summed E-state index contributed by atoms with van der Waals surface area (Å²) in [6.07, 6.45) is -21.0. The molecule has 0 aliphatic heterocycles. The molecular formula is C9H24O26P6. The maximum absolute atomic E-state index is 12.5. The lowest BCUT2D eigenvalue weighted by Gasteiger charge is -2.48. The minimum atomic E-state index is -6.08. The maximum atomic E-state index is 12.5. The van der Waals surface area contributed by atoms with Gasteiger partial charge < -0.3 is 64.0 Å². The van der Waals surface area contributed by atoms with E-state index in [-0.39, 0.29) is 0 Å². The Hall–Kier alpha value is 0.580. The van der Waals surface area contributed by atoms with Crippen molar-refractivity contribution in [2.45, 2.75) is 42.7 Å². The summed E-state index contributed by atoms with van der Waals surface area (Å²) in [7, 11) is -36.3. The molecule has 0 aromatic heterocycles. The first-order valence-corrected chi connectivity index (χ1v) is 18.8. The van der Waals surface area contributed by atoms with E-state index in [0.717, 1.165) is 0 Å². The Morgan fingerprint density at radius 1 is 0.463 bits per heavy atom. The molecule has 1 aliphatic rings. The quantitative estimate of drug-likeness (QED) is 0.0677. The van der Waals surface area contributed by atoms with E-state index < -0.39 is 103 Å². The Labute approximate surface area is 226 Å². The van der Waals surface area contributed by atoms with Gasteiger partial charge in [-0.1, -0.05) is 0 Å². The van der Waals surface area contributed by atoms with Gasteiger partial charge in [-0.3, -0.25) is 31.7 Å². The van der Waals surface area contributed by atoms with Crippen molar-refractivity contribution < 1.29 is 123 Å². The van der Waals surface area contributed by atoms with Gasteiger partial charge in [0, 0.05) is 0 Å². The molecule has 32 heteroatoms. The Balaban J connectivity index is 4.03. The average molecular weight is 734 g/mol. The second kappa shape index (κ2) is 14.3. The van der Waals surface area contributed by atoms with Crippen LogP contribution in [0.15, 0.2) is 0 Å². The predicted molar refractivity (Wildman–Crippen MR) is 118 cm³/mol. The highest BCUT2D eigenvalue weighted by Gasteiger charge is 2.63. The molecule has 246 valence electrons. The average Bonchev–Trinajstić information content (AvgIpc) is 2.69. The molecule has 0 bridgehead atoms. The molecular weight excluding hydrogens is 710 g/mol. The van der Waals surface area contributed by atoms with Crippen LogP contribution < -0.4 is 0 Å². The Morgan fingerprint density at radius 3 is 0.878 bits per heavy atom. The van der Waals surface area contributed by atoms with E-state index in [4.69, 9.17) is 5.11 Å². The number of aliphatic hydroxyl groups is 2. The lowest BCUT2D eigenvalue weighted by atomic mass is 9.85. The first kappa shape index (κ1) is 39.6. The largest absolute Gasteiger partial charge is 0.472 e. The molecule has 13 N–H and O–H groups in total. The van der Waals surface area contributed by atoms with Gasteiger partial charge in [0.1, 0.15) is 42.7 Å². The van der Waals surface area contributed by atoms with Gasteiger partial charge in [0.05, 0.1) is 13.2 Å². The van der Waals surface area contributed by atoms with Crippen molar-refractivity contribution in [3.05, 3.63) is 0 Å². The van der Waals surface area contributed by atoms with Gasteiger partial charge in [-0.05, 0) is 0 Å². The third-order valence-corrected chi connectivity index (χ3v) is 7.71. The summed E-state index contributed by atoms with van der Waals surface area (Å²) < 4.78 is 100. The molecule has 0 spiro atoms. The molecule has 1 fully saturated rings. The van der Waals surface area contributed by atoms with Gasteiger partial charge >= 0.3 is 46.9 Å². The smallest absolute Gasteiger partial charge is 0.394 e. The summed E-state index contributed by atoms with van der Waals surface area (Å²) in [5, 5.41) is 18.1. The van der Waals surface area contributed by atoms with E-state index in [1.165, 1.54) is 0 Å². The van der Waals surface area contributed by atoms with Crippen LogP contribution in [-0.4, -0.2) is 120 Å². The topological polar surface area (TPSA) is 430 Å². The van der Waals surface area contributed by atoms with Gasteiger partial charge in [0.2, 0.25) is 0 Å². The highest BCUT2D eigenvalue weighted by Crippen LogP contribution is 2.58. The summed E-state index contributed by atoms with van der Waals surface area (Å²) in [6.45, 7) is -2.38. The van der Waals surface area contributed by atoms with Crippen molar-refractivity contribution in [2.75, 3.05) is 13.2 Å². The highest BCUT2D eigenvalue weighted by atomic mass is 31.2. The summed E-state index contributed by atoms with van der Waals surface area (Å²) in [4.78, 5) is 103. The van der Waals surface area contributed by atoms with Crippen LogP contribution in [0.4, 0.5) is 0 Å². The van der Waals surface area contributed by atoms with E-state index in [2.05, 4.69) is 31.7 Å². The molecule has 1 aliphatic carbocycles. The number of phosphoric ester groups is 6. The summed E-state index contributed by atoms with van der Waals surface area (Å²) in [5.41, 5.74) is 0. The molecule has 4 unspecified atom stereocenters. The third-order valence-electron chi connectivity index (χ3n) is 4.13. The molecule has 1 saturated carbocycles. The molecule has 1 rings (SSSR count). The molecule has 8 atom stereocenters. The van der Waals surface area contributed by atoms with Crippen LogP contribution in [0.25, 0.3) is 0 Å². The molecule has 0 aromatic carbocycles. The lowest BCUT2D eigenvalue weighted by Crippen LogP contribution is -2.66. The second-order valence-electron chi connectivity index (χ2n) is 7.47. The number of rotatable bonds is 16. The maximum Gasteiger partial charge on any atom is 0.472 e. The van der Waals surface area contributed by atoms with Crippen molar-refractivity contribution in [3.8, 4) is 0 Å². The van der Waals surface area contributed by atoms with Crippen molar-refractivity contribution in [3.63, 3.8) is 0 Å². The molecule has 0 saturated heterocycles. The molecule has 0 amide bonds. The fourth-order valence-corrected chi connectivity index (χ4v) is 6.81. The van der Waals surface area contributed by atoms with E-state index in [1.54, 1.807) is 0 Å². The summed E-state index contributed by atoms with van der Waals surface area (Å²) in [6, 6.07) is 0. The van der Waals surface area contributed by atoms with Crippen molar-refractivity contribution in [2.24, 2.45) is 0 Å². The van der Waals surface area contributed by atoms with Crippen LogP contribution in [0, 0.1) is 0 Å². The minimum Gasteiger partial charge on any atom is -0.394 e. The SMILES string of the molecule is O=P(O)(O)OC1[C@@H](OP(=O)(O)O)[C@H](OP(=O)(O)O)C(OP(=O)(O)OCC(O)CO)[C@@H](OP(=O)(O)O)[C@H]1OP(=O)(O)O. The number of phosphoric acid groups is 6. The molecule has 26 nitrogen and oxygen atoms in total. The van der Waals surface area contributed by atoms with Crippen LogP contribution in [0.2, 0.25) is 0 Å². The van der Waals surface area contributed by atoms with Gasteiger partial charge in [0.25, 0.3) is 0 Å². The van der Waals surface area contributed by atoms with Crippen molar-refractivity contribution in [1.82, 2.24) is 0 Å². The molecule has 0 heterocycles. The van der Waals surface area contributed by atoms with Gasteiger partial charge in [-0.25, -0.2) is 27.4 Å². The summed E-state index contributed by atoms with van der Waals surface area (Å²) >= 11 is 0. The highest BCUT2D eigenvalue weighted by molar-refractivity contribution is 7.48. The number of aliphatic hydroxyl groups excluding tert-OH is 2. The zero-order valence-electron chi connectivity index (χ0n) is 19.3. The van der Waals surface area contributed by atoms with Gasteiger partial charge in [-0.2, -0.15) is 0 Å². The molecule has 0 radical (unpaired) electrons. The van der Waals surface area contributed by atoms with Gasteiger partial charge in [-0.15, -0.1) is 0 Å². The van der Waals surface area contributed by atoms with Crippen LogP contribution in [0.3, 0.4) is 0 Å². The van der Waals surface area contributed by atoms with Crippen LogP contribution >= 0.6 is 46.9 Å². The predicted octanol–water partition coefficient (Wildman–Crippen LogP) is -3.76. The Morgan fingerprint density at radius 2 is 0.683 bits per heavy atom. The van der Waals surface area contributed by atoms with E-state index in [9.17, 15) is 86.3 Å². The minimum absolute atomic E-state index is 1.10. The van der Waals surface area contributed by atoms with E-state index >= 15 is 0 Å². The van der Waals surface area contributed by atoms with Crippen LogP contribution in [-0.2, 0) is 59.1 Å². The third kappa shape index (κ3) is 15.4. The van der Waals surface area contributed by atoms with Gasteiger partial charge in [0.15, 0.2) is 0 Å². The first-order valence-electron chi connectivity index (χ1n) is 9.67. The van der Waals surface area contributed by atoms with Crippen molar-refractivity contribution in [1.29, 1.82) is 0 Å². The van der Waals surface area contributed by atoms with E-state index in [1.807, 2.05) is 0 Å². The zero-order chi connectivity index (χ0) is 32.4. The Bertz CT molecular complexity index is 1100. The lowest BCUT2D eigenvalue weighted by molar-refractivity contribution is -0.202. The number of hydrogen-bond acceptors (Lipinski definition) is 15. The van der Waals surface area contributed by atoms with Crippen LogP contribution in [0.1, 0.15) is 0 Å². The monoisotopic (exact) mass is 734 g/mol. The van der Waals surface area contributed by atoms with E-state index in [0.29, 0.717) is 0 Å². The summed E-state index contributed by atoms with van der Waals surface area (Å²) in [5.74, 6) is 0. The van der Waals surface area contributed by atoms with Crippen molar-refractivity contribution >= 4 is 46.9 Å². The zero-order valence-corrected chi connectivity index (χ0v) is 24.6. The molecule has 41 heavy (non-hydrogen) atoms. The second-order valence-corrected chi connectivity index (χ2v) is 14.8.